The number of methoxy groups -OCH3 is 1. The molecule has 0 radical (unpaired) electrons. The number of ether oxygens (including phenoxy) is 1. The van der Waals surface area contributed by atoms with Crippen LogP contribution in [0.4, 0.5) is 11.4 Å². The fourth-order valence-electron chi connectivity index (χ4n) is 3.81. The Hall–Kier alpha value is -2.57. The molecular formula is C25H32ClN3O3. The molecule has 1 fully saturated rings. The Morgan fingerprint density at radius 2 is 1.88 bits per heavy atom. The molecule has 1 unspecified atom stereocenters. The zero-order valence-corrected chi connectivity index (χ0v) is 19.5. The highest BCUT2D eigenvalue weighted by Gasteiger charge is 2.23. The van der Waals surface area contributed by atoms with Crippen LogP contribution in [-0.2, 0) is 9.53 Å². The van der Waals surface area contributed by atoms with Crippen molar-refractivity contribution < 1.29 is 14.3 Å². The van der Waals surface area contributed by atoms with Gasteiger partial charge in [0.2, 0.25) is 5.91 Å². The molecule has 0 aromatic heterocycles. The van der Waals surface area contributed by atoms with Crippen LogP contribution >= 0.6 is 11.6 Å². The predicted molar refractivity (Wildman–Crippen MR) is 130 cm³/mol. The topological polar surface area (TPSA) is 70.7 Å². The second-order valence-electron chi connectivity index (χ2n) is 8.27. The molecule has 7 heteroatoms. The molecule has 6 nitrogen and oxygen atoms in total. The smallest absolute Gasteiger partial charge is 0.253 e. The maximum absolute atomic E-state index is 13.0. The van der Waals surface area contributed by atoms with Gasteiger partial charge in [-0.15, -0.1) is 11.6 Å². The van der Waals surface area contributed by atoms with E-state index >= 15 is 0 Å². The van der Waals surface area contributed by atoms with Crippen molar-refractivity contribution >= 4 is 34.8 Å². The van der Waals surface area contributed by atoms with Crippen molar-refractivity contribution in [2.45, 2.75) is 31.6 Å². The summed E-state index contributed by atoms with van der Waals surface area (Å²) < 4.78 is 5.06. The van der Waals surface area contributed by atoms with Crippen LogP contribution in [0.2, 0.25) is 0 Å². The number of halogens is 1. The van der Waals surface area contributed by atoms with E-state index in [-0.39, 0.29) is 11.8 Å². The van der Waals surface area contributed by atoms with E-state index in [0.717, 1.165) is 43.6 Å². The standard InChI is InChI=1S/C25H32ClN3O3/c1-18-11-14-29(15-12-18)22-10-9-20(17-21(22)24(30)27-13-6-16-32-2)28-25(31)23(26)19-7-4-3-5-8-19/h3-5,7-10,17-18,23H,6,11-16H2,1-2H3,(H,27,30)(H,28,31). The van der Waals surface area contributed by atoms with Gasteiger partial charge in [-0.3, -0.25) is 9.59 Å². The van der Waals surface area contributed by atoms with E-state index in [1.54, 1.807) is 13.2 Å². The van der Waals surface area contributed by atoms with Crippen molar-refractivity contribution in [2.24, 2.45) is 5.92 Å². The van der Waals surface area contributed by atoms with Gasteiger partial charge in [-0.25, -0.2) is 0 Å². The summed E-state index contributed by atoms with van der Waals surface area (Å²) in [5.74, 6) is 0.204. The number of piperidine rings is 1. The Labute approximate surface area is 195 Å². The maximum atomic E-state index is 13.0. The number of rotatable bonds is 9. The summed E-state index contributed by atoms with van der Waals surface area (Å²) in [5.41, 5.74) is 2.72. The van der Waals surface area contributed by atoms with Crippen LogP contribution in [-0.4, -0.2) is 45.2 Å². The first kappa shape index (κ1) is 24.1. The summed E-state index contributed by atoms with van der Waals surface area (Å²) in [7, 11) is 1.64. The number of hydrogen-bond donors (Lipinski definition) is 2. The van der Waals surface area contributed by atoms with Gasteiger partial charge in [0.15, 0.2) is 0 Å². The van der Waals surface area contributed by atoms with Crippen molar-refractivity contribution in [3.8, 4) is 0 Å². The molecule has 2 aromatic carbocycles. The molecule has 0 aliphatic carbocycles. The van der Waals surface area contributed by atoms with Gasteiger partial charge in [0.05, 0.1) is 5.56 Å². The van der Waals surface area contributed by atoms with Crippen LogP contribution in [0.15, 0.2) is 48.5 Å². The maximum Gasteiger partial charge on any atom is 0.253 e. The average molecular weight is 458 g/mol. The molecule has 2 amide bonds. The summed E-state index contributed by atoms with van der Waals surface area (Å²) in [6.45, 7) is 5.19. The van der Waals surface area contributed by atoms with Gasteiger partial charge >= 0.3 is 0 Å². The third kappa shape index (κ3) is 6.47. The van der Waals surface area contributed by atoms with Crippen molar-refractivity contribution in [3.05, 3.63) is 59.7 Å². The highest BCUT2D eigenvalue weighted by Crippen LogP contribution is 2.30. The van der Waals surface area contributed by atoms with Gasteiger partial charge in [-0.2, -0.15) is 0 Å². The number of anilines is 2. The van der Waals surface area contributed by atoms with E-state index in [0.29, 0.717) is 30.3 Å². The van der Waals surface area contributed by atoms with E-state index in [9.17, 15) is 9.59 Å². The summed E-state index contributed by atoms with van der Waals surface area (Å²) >= 11 is 6.36. The number of carbonyl (C=O) groups excluding carboxylic acids is 2. The predicted octanol–water partition coefficient (Wildman–Crippen LogP) is 4.61. The van der Waals surface area contributed by atoms with Gasteiger partial charge in [0, 0.05) is 44.7 Å². The summed E-state index contributed by atoms with van der Waals surface area (Å²) in [4.78, 5) is 28.0. The number of alkyl halides is 1. The first-order valence-electron chi connectivity index (χ1n) is 11.2. The van der Waals surface area contributed by atoms with Crippen LogP contribution in [0.25, 0.3) is 0 Å². The van der Waals surface area contributed by atoms with Crippen molar-refractivity contribution in [2.75, 3.05) is 43.6 Å². The normalized spacial score (nSPS) is 15.3. The van der Waals surface area contributed by atoms with Crippen LogP contribution < -0.4 is 15.5 Å². The Kier molecular flexibility index (Phi) is 8.94. The van der Waals surface area contributed by atoms with Crippen molar-refractivity contribution in [1.82, 2.24) is 5.32 Å². The van der Waals surface area contributed by atoms with Crippen LogP contribution in [0.5, 0.6) is 0 Å². The minimum Gasteiger partial charge on any atom is -0.385 e. The number of nitrogens with zero attached hydrogens (tertiary/aromatic N) is 1. The van der Waals surface area contributed by atoms with E-state index in [1.165, 1.54) is 0 Å². The highest BCUT2D eigenvalue weighted by atomic mass is 35.5. The van der Waals surface area contributed by atoms with Gasteiger partial charge in [0.25, 0.3) is 5.91 Å². The molecule has 2 N–H and O–H groups in total. The fourth-order valence-corrected chi connectivity index (χ4v) is 4.01. The Bertz CT molecular complexity index is 899. The van der Waals surface area contributed by atoms with Gasteiger partial charge in [0.1, 0.15) is 5.38 Å². The van der Waals surface area contributed by atoms with E-state index in [2.05, 4.69) is 22.5 Å². The second kappa shape index (κ2) is 11.9. The minimum absolute atomic E-state index is 0.156. The molecule has 2 aromatic rings. The number of nitrogens with one attached hydrogen (secondary N) is 2. The molecule has 3 rings (SSSR count). The Morgan fingerprint density at radius 1 is 1.16 bits per heavy atom. The van der Waals surface area contributed by atoms with Crippen LogP contribution in [0, 0.1) is 5.92 Å². The zero-order chi connectivity index (χ0) is 22.9. The number of benzene rings is 2. The molecule has 1 atom stereocenters. The van der Waals surface area contributed by atoms with Crippen LogP contribution in [0.3, 0.4) is 0 Å². The Balaban J connectivity index is 1.78. The summed E-state index contributed by atoms with van der Waals surface area (Å²) in [6, 6.07) is 14.7. The lowest BCUT2D eigenvalue weighted by molar-refractivity contribution is -0.116. The molecule has 0 bridgehead atoms. The van der Waals surface area contributed by atoms with Gasteiger partial charge in [-0.05, 0) is 48.9 Å². The lowest BCUT2D eigenvalue weighted by Gasteiger charge is -2.33. The van der Waals surface area contributed by atoms with Crippen molar-refractivity contribution in [1.29, 1.82) is 0 Å². The fraction of sp³-hybridized carbons (Fsp3) is 0.440. The second-order valence-corrected chi connectivity index (χ2v) is 8.70. The zero-order valence-electron chi connectivity index (χ0n) is 18.8. The third-order valence-corrected chi connectivity index (χ3v) is 6.22. The third-order valence-electron chi connectivity index (χ3n) is 5.77. The SMILES string of the molecule is COCCCNC(=O)c1cc(NC(=O)C(Cl)c2ccccc2)ccc1N1CCC(C)CC1. The highest BCUT2D eigenvalue weighted by molar-refractivity contribution is 6.32. The van der Waals surface area contributed by atoms with Gasteiger partial charge < -0.3 is 20.3 Å². The quantitative estimate of drug-likeness (QED) is 0.426. The van der Waals surface area contributed by atoms with Crippen molar-refractivity contribution in [3.63, 3.8) is 0 Å². The monoisotopic (exact) mass is 457 g/mol. The largest absolute Gasteiger partial charge is 0.385 e. The van der Waals surface area contributed by atoms with E-state index < -0.39 is 5.38 Å². The van der Waals surface area contributed by atoms with E-state index in [4.69, 9.17) is 16.3 Å². The summed E-state index contributed by atoms with van der Waals surface area (Å²) in [6.07, 6.45) is 2.93. The van der Waals surface area contributed by atoms with Gasteiger partial charge in [-0.1, -0.05) is 37.3 Å². The van der Waals surface area contributed by atoms with E-state index in [1.807, 2.05) is 42.5 Å². The van der Waals surface area contributed by atoms with Crippen LogP contribution in [0.1, 0.15) is 47.5 Å². The number of amides is 2. The molecule has 32 heavy (non-hydrogen) atoms. The molecule has 1 saturated heterocycles. The molecule has 1 aliphatic rings. The molecule has 0 saturated carbocycles. The lowest BCUT2D eigenvalue weighted by atomic mass is 9.97. The lowest BCUT2D eigenvalue weighted by Crippen LogP contribution is -2.35. The molecule has 0 spiro atoms. The molecular weight excluding hydrogens is 426 g/mol. The first-order valence-corrected chi connectivity index (χ1v) is 11.6. The first-order chi connectivity index (χ1) is 15.5. The molecule has 172 valence electrons. The number of hydrogen-bond acceptors (Lipinski definition) is 4. The molecule has 1 aliphatic heterocycles. The summed E-state index contributed by atoms with van der Waals surface area (Å²) in [5, 5.41) is 5.01. The number of carbonyl (C=O) groups is 2. The average Bonchev–Trinajstić information content (AvgIpc) is 2.82. The Morgan fingerprint density at radius 3 is 2.56 bits per heavy atom. The molecule has 1 heterocycles. The minimum atomic E-state index is -0.814.